The summed E-state index contributed by atoms with van der Waals surface area (Å²) in [6.07, 6.45) is 2.76. The maximum Gasteiger partial charge on any atom is 0.326 e. The Bertz CT molecular complexity index is 541. The average Bonchev–Trinajstić information content (AvgIpc) is 3.04. The standard InChI is InChI=1S/C13H18N4O3/c1-7-2-3-14-11(7)12(18)17-5-9-8(15-6-16-9)4-10(17)13(19)20/h6-7,10-11,14H,2-5H2,1H3,(H,15,16)(H,19,20). The van der Waals surface area contributed by atoms with Gasteiger partial charge in [0.1, 0.15) is 6.04 Å². The van der Waals surface area contributed by atoms with E-state index >= 15 is 0 Å². The van der Waals surface area contributed by atoms with Crippen molar-refractivity contribution < 1.29 is 14.7 Å². The highest BCUT2D eigenvalue weighted by Gasteiger charge is 2.40. The molecule has 3 unspecified atom stereocenters. The molecule has 0 spiro atoms. The van der Waals surface area contributed by atoms with E-state index in [0.717, 1.165) is 24.4 Å². The van der Waals surface area contributed by atoms with Gasteiger partial charge < -0.3 is 20.3 Å². The third-order valence-corrected chi connectivity index (χ3v) is 4.27. The summed E-state index contributed by atoms with van der Waals surface area (Å²) in [7, 11) is 0. The molecule has 108 valence electrons. The molecule has 7 heteroatoms. The first kappa shape index (κ1) is 13.1. The van der Waals surface area contributed by atoms with Gasteiger partial charge in [-0.3, -0.25) is 4.79 Å². The van der Waals surface area contributed by atoms with E-state index in [0.29, 0.717) is 0 Å². The van der Waals surface area contributed by atoms with Gasteiger partial charge in [-0.2, -0.15) is 0 Å². The summed E-state index contributed by atoms with van der Waals surface area (Å²) < 4.78 is 0. The first-order valence-corrected chi connectivity index (χ1v) is 6.85. The molecule has 3 heterocycles. The summed E-state index contributed by atoms with van der Waals surface area (Å²) >= 11 is 0. The number of fused-ring (bicyclic) bond motifs is 1. The van der Waals surface area contributed by atoms with Crippen LogP contribution in [0.15, 0.2) is 6.33 Å². The molecule has 1 amide bonds. The molecule has 1 fully saturated rings. The van der Waals surface area contributed by atoms with Crippen LogP contribution in [-0.4, -0.2) is 50.5 Å². The molecular weight excluding hydrogens is 260 g/mol. The van der Waals surface area contributed by atoms with Crippen molar-refractivity contribution in [2.75, 3.05) is 6.54 Å². The average molecular weight is 278 g/mol. The van der Waals surface area contributed by atoms with Gasteiger partial charge in [0.15, 0.2) is 0 Å². The van der Waals surface area contributed by atoms with Crippen LogP contribution in [0.3, 0.4) is 0 Å². The van der Waals surface area contributed by atoms with Gasteiger partial charge in [0.2, 0.25) is 5.91 Å². The summed E-state index contributed by atoms with van der Waals surface area (Å²) in [4.78, 5) is 32.6. The van der Waals surface area contributed by atoms with Gasteiger partial charge in [0.25, 0.3) is 0 Å². The van der Waals surface area contributed by atoms with Crippen LogP contribution in [0, 0.1) is 5.92 Å². The number of H-pyrrole nitrogens is 1. The highest BCUT2D eigenvalue weighted by molar-refractivity contribution is 5.88. The Balaban J connectivity index is 1.86. The van der Waals surface area contributed by atoms with Crippen LogP contribution >= 0.6 is 0 Å². The lowest BCUT2D eigenvalue weighted by Crippen LogP contribution is -2.54. The summed E-state index contributed by atoms with van der Waals surface area (Å²) in [6, 6.07) is -1.10. The third-order valence-electron chi connectivity index (χ3n) is 4.27. The van der Waals surface area contributed by atoms with Crippen LogP contribution in [0.5, 0.6) is 0 Å². The number of rotatable bonds is 2. The zero-order chi connectivity index (χ0) is 14.3. The largest absolute Gasteiger partial charge is 0.480 e. The summed E-state index contributed by atoms with van der Waals surface area (Å²) in [6.45, 7) is 3.11. The number of nitrogens with one attached hydrogen (secondary N) is 2. The van der Waals surface area contributed by atoms with Crippen molar-refractivity contribution in [1.82, 2.24) is 20.2 Å². The van der Waals surface area contributed by atoms with Gasteiger partial charge in [0, 0.05) is 6.42 Å². The van der Waals surface area contributed by atoms with E-state index in [4.69, 9.17) is 0 Å². The smallest absolute Gasteiger partial charge is 0.326 e. The predicted molar refractivity (Wildman–Crippen MR) is 69.8 cm³/mol. The number of imidazole rings is 1. The highest BCUT2D eigenvalue weighted by Crippen LogP contribution is 2.24. The Hall–Kier alpha value is -1.89. The monoisotopic (exact) mass is 278 g/mol. The van der Waals surface area contributed by atoms with E-state index in [2.05, 4.69) is 15.3 Å². The number of hydrogen-bond acceptors (Lipinski definition) is 4. The minimum Gasteiger partial charge on any atom is -0.480 e. The van der Waals surface area contributed by atoms with Crippen molar-refractivity contribution in [3.63, 3.8) is 0 Å². The van der Waals surface area contributed by atoms with Gasteiger partial charge >= 0.3 is 5.97 Å². The van der Waals surface area contributed by atoms with Crippen LogP contribution in [0.4, 0.5) is 0 Å². The number of carboxylic acid groups (broad SMARTS) is 1. The molecule has 1 aromatic rings. The van der Waals surface area contributed by atoms with Crippen molar-refractivity contribution in [2.45, 2.75) is 38.4 Å². The van der Waals surface area contributed by atoms with Crippen molar-refractivity contribution in [3.05, 3.63) is 17.7 Å². The van der Waals surface area contributed by atoms with Gasteiger partial charge in [-0.15, -0.1) is 0 Å². The molecule has 20 heavy (non-hydrogen) atoms. The molecule has 1 saturated heterocycles. The second-order valence-electron chi connectivity index (χ2n) is 5.55. The molecule has 3 rings (SSSR count). The Labute approximate surface area is 116 Å². The lowest BCUT2D eigenvalue weighted by atomic mass is 9.97. The molecule has 0 aromatic carbocycles. The Morgan fingerprint density at radius 1 is 1.50 bits per heavy atom. The topological polar surface area (TPSA) is 98.3 Å². The number of hydrogen-bond donors (Lipinski definition) is 3. The minimum atomic E-state index is -0.974. The Kier molecular flexibility index (Phi) is 3.21. The lowest BCUT2D eigenvalue weighted by Gasteiger charge is -2.34. The molecule has 7 nitrogen and oxygen atoms in total. The minimum absolute atomic E-state index is 0.123. The van der Waals surface area contributed by atoms with Crippen LogP contribution in [0.1, 0.15) is 24.7 Å². The number of amides is 1. The van der Waals surface area contributed by atoms with Crippen LogP contribution in [0.25, 0.3) is 0 Å². The number of aromatic amines is 1. The molecular formula is C13H18N4O3. The fourth-order valence-electron chi connectivity index (χ4n) is 3.03. The van der Waals surface area contributed by atoms with Gasteiger partial charge in [-0.25, -0.2) is 9.78 Å². The van der Waals surface area contributed by atoms with E-state index in [-0.39, 0.29) is 30.8 Å². The maximum absolute atomic E-state index is 12.6. The van der Waals surface area contributed by atoms with E-state index < -0.39 is 12.0 Å². The quantitative estimate of drug-likeness (QED) is 0.692. The predicted octanol–water partition coefficient (Wildman–Crippen LogP) is -0.254. The van der Waals surface area contributed by atoms with Crippen molar-refractivity contribution >= 4 is 11.9 Å². The van der Waals surface area contributed by atoms with Crippen LogP contribution in [-0.2, 0) is 22.6 Å². The molecule has 3 N–H and O–H groups in total. The maximum atomic E-state index is 12.6. The molecule has 0 radical (unpaired) electrons. The second kappa shape index (κ2) is 4.90. The number of aromatic nitrogens is 2. The molecule has 1 aromatic heterocycles. The summed E-state index contributed by atoms with van der Waals surface area (Å²) in [5, 5.41) is 12.5. The molecule has 2 aliphatic rings. The molecule has 0 aliphatic carbocycles. The number of nitrogens with zero attached hydrogens (tertiary/aromatic N) is 2. The fourth-order valence-corrected chi connectivity index (χ4v) is 3.03. The van der Waals surface area contributed by atoms with Gasteiger partial charge in [-0.1, -0.05) is 6.92 Å². The zero-order valence-corrected chi connectivity index (χ0v) is 11.3. The molecule has 0 bridgehead atoms. The molecule has 3 atom stereocenters. The van der Waals surface area contributed by atoms with Crippen molar-refractivity contribution in [3.8, 4) is 0 Å². The summed E-state index contributed by atoms with van der Waals surface area (Å²) in [5.41, 5.74) is 1.58. The fraction of sp³-hybridized carbons (Fsp3) is 0.615. The number of carbonyl (C=O) groups excluding carboxylic acids is 1. The second-order valence-corrected chi connectivity index (χ2v) is 5.55. The van der Waals surface area contributed by atoms with E-state index in [1.807, 2.05) is 6.92 Å². The van der Waals surface area contributed by atoms with Gasteiger partial charge in [-0.05, 0) is 18.9 Å². The van der Waals surface area contributed by atoms with Crippen LogP contribution < -0.4 is 5.32 Å². The van der Waals surface area contributed by atoms with E-state index in [9.17, 15) is 14.7 Å². The number of carboxylic acids is 1. The lowest BCUT2D eigenvalue weighted by molar-refractivity contribution is -0.152. The van der Waals surface area contributed by atoms with E-state index in [1.54, 1.807) is 6.33 Å². The zero-order valence-electron chi connectivity index (χ0n) is 11.3. The first-order valence-electron chi connectivity index (χ1n) is 6.85. The Morgan fingerprint density at radius 2 is 2.30 bits per heavy atom. The molecule has 2 aliphatic heterocycles. The Morgan fingerprint density at radius 3 is 2.95 bits per heavy atom. The third kappa shape index (κ3) is 2.07. The van der Waals surface area contributed by atoms with Crippen molar-refractivity contribution in [1.29, 1.82) is 0 Å². The van der Waals surface area contributed by atoms with Crippen LogP contribution in [0.2, 0.25) is 0 Å². The summed E-state index contributed by atoms with van der Waals surface area (Å²) in [5.74, 6) is -0.861. The molecule has 0 saturated carbocycles. The highest BCUT2D eigenvalue weighted by atomic mass is 16.4. The normalized spacial score (nSPS) is 29.2. The van der Waals surface area contributed by atoms with Gasteiger partial charge in [0.05, 0.1) is 30.3 Å². The SMILES string of the molecule is CC1CCNC1C(=O)N1Cc2[nH]cnc2CC1C(=O)O. The van der Waals surface area contributed by atoms with Crippen molar-refractivity contribution in [2.24, 2.45) is 5.92 Å². The number of carbonyl (C=O) groups is 2. The first-order chi connectivity index (χ1) is 9.58. The number of aliphatic carboxylic acids is 1. The van der Waals surface area contributed by atoms with E-state index in [1.165, 1.54) is 4.90 Å².